The lowest BCUT2D eigenvalue weighted by molar-refractivity contribution is -0.149. The lowest BCUT2D eigenvalue weighted by Gasteiger charge is -2.17. The van der Waals surface area contributed by atoms with Gasteiger partial charge in [0.2, 0.25) is 0 Å². The molecule has 0 aromatic carbocycles. The van der Waals surface area contributed by atoms with E-state index in [9.17, 15) is 4.79 Å². The van der Waals surface area contributed by atoms with E-state index in [1.54, 1.807) is 6.20 Å². The highest BCUT2D eigenvalue weighted by molar-refractivity contribution is 5.72. The Labute approximate surface area is 106 Å². The van der Waals surface area contributed by atoms with E-state index in [2.05, 4.69) is 10.3 Å². The number of nitrogens with zero attached hydrogens (tertiary/aromatic N) is 1. The van der Waals surface area contributed by atoms with Crippen molar-refractivity contribution in [2.24, 2.45) is 0 Å². The van der Waals surface area contributed by atoms with Crippen LogP contribution in [-0.2, 0) is 9.53 Å². The first-order valence-corrected chi connectivity index (χ1v) is 6.19. The molecule has 1 aliphatic rings. The van der Waals surface area contributed by atoms with Gasteiger partial charge in [-0.1, -0.05) is 6.07 Å². The van der Waals surface area contributed by atoms with Gasteiger partial charge in [0, 0.05) is 18.8 Å². The number of aromatic nitrogens is 1. The number of ether oxygens (including phenoxy) is 1. The van der Waals surface area contributed by atoms with Gasteiger partial charge in [-0.05, 0) is 31.9 Å². The largest absolute Gasteiger partial charge is 0.479 e. The van der Waals surface area contributed by atoms with E-state index in [1.807, 2.05) is 25.1 Å². The van der Waals surface area contributed by atoms with Gasteiger partial charge in [0.05, 0.1) is 11.8 Å². The average molecular weight is 250 g/mol. The van der Waals surface area contributed by atoms with Gasteiger partial charge in [-0.2, -0.15) is 0 Å². The van der Waals surface area contributed by atoms with Crippen LogP contribution in [0, 0.1) is 0 Å². The van der Waals surface area contributed by atoms with Gasteiger partial charge in [0.15, 0.2) is 6.10 Å². The van der Waals surface area contributed by atoms with Gasteiger partial charge >= 0.3 is 5.97 Å². The van der Waals surface area contributed by atoms with Crippen molar-refractivity contribution in [1.82, 2.24) is 10.3 Å². The zero-order valence-electron chi connectivity index (χ0n) is 10.4. The number of pyridine rings is 1. The molecule has 1 fully saturated rings. The first-order valence-electron chi connectivity index (χ1n) is 6.19. The van der Waals surface area contributed by atoms with Crippen LogP contribution >= 0.6 is 0 Å². The van der Waals surface area contributed by atoms with Gasteiger partial charge in [-0.25, -0.2) is 4.79 Å². The molecule has 3 atom stereocenters. The molecule has 0 radical (unpaired) electrons. The van der Waals surface area contributed by atoms with Gasteiger partial charge in [0.25, 0.3) is 0 Å². The molecule has 0 saturated carbocycles. The van der Waals surface area contributed by atoms with E-state index in [0.717, 1.165) is 12.1 Å². The standard InChI is InChI=1S/C13H18N2O3/c1-9(11-4-2-3-7-14-11)15-8-10-5-6-12(18-10)13(16)17/h2-4,7,9-10,12,15H,5-6,8H2,1H3,(H,16,17). The quantitative estimate of drug-likeness (QED) is 0.825. The number of aliphatic carboxylic acids is 1. The van der Waals surface area contributed by atoms with Gasteiger partial charge in [-0.15, -0.1) is 0 Å². The molecule has 3 unspecified atom stereocenters. The third kappa shape index (κ3) is 3.27. The molecule has 1 aromatic rings. The van der Waals surface area contributed by atoms with E-state index in [4.69, 9.17) is 9.84 Å². The maximum Gasteiger partial charge on any atom is 0.332 e. The minimum Gasteiger partial charge on any atom is -0.479 e. The summed E-state index contributed by atoms with van der Waals surface area (Å²) in [5.74, 6) is -0.865. The molecule has 2 heterocycles. The Bertz CT molecular complexity index is 396. The van der Waals surface area contributed by atoms with Crippen LogP contribution in [0.5, 0.6) is 0 Å². The van der Waals surface area contributed by atoms with Gasteiger partial charge < -0.3 is 15.2 Å². The lowest BCUT2D eigenvalue weighted by Crippen LogP contribution is -2.30. The fourth-order valence-electron chi connectivity index (χ4n) is 2.08. The lowest BCUT2D eigenvalue weighted by atomic mass is 10.1. The molecule has 2 rings (SSSR count). The molecule has 98 valence electrons. The van der Waals surface area contributed by atoms with Crippen LogP contribution in [0.1, 0.15) is 31.5 Å². The Morgan fingerprint density at radius 3 is 3.06 bits per heavy atom. The molecule has 5 nitrogen and oxygen atoms in total. The van der Waals surface area contributed by atoms with E-state index < -0.39 is 12.1 Å². The van der Waals surface area contributed by atoms with Crippen molar-refractivity contribution in [1.29, 1.82) is 0 Å². The van der Waals surface area contributed by atoms with Crippen LogP contribution in [0.3, 0.4) is 0 Å². The Morgan fingerprint density at radius 1 is 1.61 bits per heavy atom. The second-order valence-corrected chi connectivity index (χ2v) is 4.55. The van der Waals surface area contributed by atoms with Crippen LogP contribution < -0.4 is 5.32 Å². The van der Waals surface area contributed by atoms with Crippen molar-refractivity contribution in [2.75, 3.05) is 6.54 Å². The van der Waals surface area contributed by atoms with Crippen LogP contribution in [0.4, 0.5) is 0 Å². The summed E-state index contributed by atoms with van der Waals surface area (Å²) < 4.78 is 5.43. The number of carboxylic acid groups (broad SMARTS) is 1. The number of nitrogens with one attached hydrogen (secondary N) is 1. The predicted molar refractivity (Wildman–Crippen MR) is 66.2 cm³/mol. The zero-order valence-corrected chi connectivity index (χ0v) is 10.4. The molecule has 0 spiro atoms. The van der Waals surface area contributed by atoms with Crippen molar-refractivity contribution >= 4 is 5.97 Å². The third-order valence-corrected chi connectivity index (χ3v) is 3.17. The summed E-state index contributed by atoms with van der Waals surface area (Å²) in [7, 11) is 0. The molecule has 18 heavy (non-hydrogen) atoms. The highest BCUT2D eigenvalue weighted by atomic mass is 16.5. The van der Waals surface area contributed by atoms with E-state index in [-0.39, 0.29) is 12.1 Å². The fourth-order valence-corrected chi connectivity index (χ4v) is 2.08. The molecule has 0 aliphatic carbocycles. The molecule has 1 aromatic heterocycles. The predicted octanol–water partition coefficient (Wildman–Crippen LogP) is 1.36. The third-order valence-electron chi connectivity index (χ3n) is 3.17. The van der Waals surface area contributed by atoms with E-state index >= 15 is 0 Å². The molecule has 5 heteroatoms. The van der Waals surface area contributed by atoms with Crippen molar-refractivity contribution in [3.63, 3.8) is 0 Å². The zero-order chi connectivity index (χ0) is 13.0. The van der Waals surface area contributed by atoms with Crippen LogP contribution in [0.2, 0.25) is 0 Å². The summed E-state index contributed by atoms with van der Waals surface area (Å²) in [6.45, 7) is 2.69. The van der Waals surface area contributed by atoms with Crippen LogP contribution in [0.25, 0.3) is 0 Å². The molecule has 1 saturated heterocycles. The number of hydrogen-bond donors (Lipinski definition) is 2. The SMILES string of the molecule is CC(NCC1CCC(C(=O)O)O1)c1ccccn1. The Balaban J connectivity index is 1.77. The van der Waals surface area contributed by atoms with Gasteiger partial charge in [0.1, 0.15) is 0 Å². The van der Waals surface area contributed by atoms with Crippen molar-refractivity contribution in [3.05, 3.63) is 30.1 Å². The van der Waals surface area contributed by atoms with Gasteiger partial charge in [-0.3, -0.25) is 4.98 Å². The van der Waals surface area contributed by atoms with Crippen molar-refractivity contribution < 1.29 is 14.6 Å². The summed E-state index contributed by atoms with van der Waals surface area (Å²) >= 11 is 0. The van der Waals surface area contributed by atoms with Crippen molar-refractivity contribution in [3.8, 4) is 0 Å². The topological polar surface area (TPSA) is 71.5 Å². The summed E-state index contributed by atoms with van der Waals surface area (Å²) in [6.07, 6.45) is 2.50. The van der Waals surface area contributed by atoms with Crippen LogP contribution in [-0.4, -0.2) is 34.8 Å². The molecule has 1 aliphatic heterocycles. The number of carboxylic acids is 1. The van der Waals surface area contributed by atoms with Crippen molar-refractivity contribution in [2.45, 2.75) is 38.0 Å². The minimum absolute atomic E-state index is 0.0164. The highest BCUT2D eigenvalue weighted by Crippen LogP contribution is 2.20. The molecular weight excluding hydrogens is 232 g/mol. The van der Waals surface area contributed by atoms with E-state index in [0.29, 0.717) is 13.0 Å². The monoisotopic (exact) mass is 250 g/mol. The molecule has 0 bridgehead atoms. The second-order valence-electron chi connectivity index (χ2n) is 4.55. The molecule has 0 amide bonds. The summed E-state index contributed by atoms with van der Waals surface area (Å²) in [4.78, 5) is 15.0. The Kier molecular flexibility index (Phi) is 4.28. The number of carbonyl (C=O) groups is 1. The summed E-state index contributed by atoms with van der Waals surface area (Å²) in [5.41, 5.74) is 0.977. The highest BCUT2D eigenvalue weighted by Gasteiger charge is 2.30. The first-order chi connectivity index (χ1) is 8.66. The maximum absolute atomic E-state index is 10.8. The fraction of sp³-hybridized carbons (Fsp3) is 0.538. The normalized spacial score (nSPS) is 24.9. The second kappa shape index (κ2) is 5.93. The Hall–Kier alpha value is -1.46. The Morgan fingerprint density at radius 2 is 2.44 bits per heavy atom. The van der Waals surface area contributed by atoms with E-state index in [1.165, 1.54) is 0 Å². The summed E-state index contributed by atoms with van der Waals surface area (Å²) in [6, 6.07) is 5.94. The molecule has 2 N–H and O–H groups in total. The molecular formula is C13H18N2O3. The number of rotatable bonds is 5. The number of hydrogen-bond acceptors (Lipinski definition) is 4. The minimum atomic E-state index is -0.865. The van der Waals surface area contributed by atoms with Crippen LogP contribution in [0.15, 0.2) is 24.4 Å². The first kappa shape index (κ1) is 13.0. The smallest absolute Gasteiger partial charge is 0.332 e. The maximum atomic E-state index is 10.8. The summed E-state index contributed by atoms with van der Waals surface area (Å²) in [5, 5.41) is 12.2. The average Bonchev–Trinajstić information content (AvgIpc) is 2.86.